The fourth-order valence-corrected chi connectivity index (χ4v) is 5.17. The molecule has 1 atom stereocenters. The molecule has 4 rings (SSSR count). The third kappa shape index (κ3) is 8.32. The molecule has 1 saturated heterocycles. The topological polar surface area (TPSA) is 48.5 Å². The summed E-state index contributed by atoms with van der Waals surface area (Å²) in [5.41, 5.74) is 0.565. The quantitative estimate of drug-likeness (QED) is 0.235. The molecule has 1 amide bonds. The molecule has 5 nitrogen and oxygen atoms in total. The highest BCUT2D eigenvalue weighted by Crippen LogP contribution is 2.37. The number of hydrogen-bond acceptors (Lipinski definition) is 4. The van der Waals surface area contributed by atoms with Gasteiger partial charge in [-0.3, -0.25) is 14.7 Å². The Morgan fingerprint density at radius 1 is 0.929 bits per heavy atom. The number of carbonyl (C=O) groups is 1. The highest BCUT2D eigenvalue weighted by Gasteiger charge is 2.39. The molecule has 1 aromatic heterocycles. The summed E-state index contributed by atoms with van der Waals surface area (Å²) in [7, 11) is 0. The Kier molecular flexibility index (Phi) is 9.93. The molecule has 3 aromatic rings. The molecular weight excluding hydrogens is 558 g/mol. The Labute approximate surface area is 241 Å². The second kappa shape index (κ2) is 13.2. The highest BCUT2D eigenvalue weighted by molar-refractivity contribution is 5.95. The van der Waals surface area contributed by atoms with Gasteiger partial charge in [0.15, 0.2) is 0 Å². The average Bonchev–Trinajstić information content (AvgIpc) is 2.94. The number of carbonyl (C=O) groups excluding carboxylic acids is 1. The second-order valence-corrected chi connectivity index (χ2v) is 10.8. The van der Waals surface area contributed by atoms with Gasteiger partial charge < -0.3 is 10.2 Å². The van der Waals surface area contributed by atoms with Gasteiger partial charge in [-0.05, 0) is 86.3 Å². The number of pyridine rings is 1. The summed E-state index contributed by atoms with van der Waals surface area (Å²) in [6.45, 7) is 7.21. The highest BCUT2D eigenvalue weighted by atomic mass is 19.4. The van der Waals surface area contributed by atoms with Crippen LogP contribution >= 0.6 is 0 Å². The predicted molar refractivity (Wildman–Crippen MR) is 148 cm³/mol. The Bertz CT molecular complexity index is 1330. The zero-order chi connectivity index (χ0) is 30.5. The molecular formula is C31H34F6N4O. The number of aryl methyl sites for hydroxylation is 2. The monoisotopic (exact) mass is 592 g/mol. The maximum atomic E-state index is 13.6. The largest absolute Gasteiger partial charge is 0.416 e. The zero-order valence-electron chi connectivity index (χ0n) is 23.5. The third-order valence-corrected chi connectivity index (χ3v) is 7.58. The van der Waals surface area contributed by atoms with Crippen LogP contribution in [0.25, 0.3) is 0 Å². The molecule has 226 valence electrons. The first-order valence-electron chi connectivity index (χ1n) is 13.8. The molecule has 2 aromatic carbocycles. The van der Waals surface area contributed by atoms with Crippen molar-refractivity contribution in [3.63, 3.8) is 0 Å². The minimum absolute atomic E-state index is 0.0453. The van der Waals surface area contributed by atoms with Gasteiger partial charge >= 0.3 is 12.4 Å². The number of alkyl halides is 6. The number of rotatable bonds is 9. The fraction of sp³-hybridized carbons (Fsp3) is 0.419. The molecule has 0 saturated carbocycles. The first kappa shape index (κ1) is 31.5. The van der Waals surface area contributed by atoms with Crippen LogP contribution in [0.15, 0.2) is 60.9 Å². The normalized spacial score (nSPS) is 16.6. The second-order valence-electron chi connectivity index (χ2n) is 10.8. The van der Waals surface area contributed by atoms with Gasteiger partial charge in [0.05, 0.1) is 11.1 Å². The van der Waals surface area contributed by atoms with Gasteiger partial charge in [-0.25, -0.2) is 0 Å². The molecule has 0 aliphatic carbocycles. The molecule has 11 heteroatoms. The maximum Gasteiger partial charge on any atom is 0.416 e. The molecule has 1 N–H and O–H groups in total. The lowest BCUT2D eigenvalue weighted by Crippen LogP contribution is -2.56. The van der Waals surface area contributed by atoms with E-state index >= 15 is 0 Å². The van der Waals surface area contributed by atoms with E-state index in [-0.39, 0.29) is 12.6 Å². The van der Waals surface area contributed by atoms with Crippen LogP contribution in [0, 0.1) is 13.8 Å². The van der Waals surface area contributed by atoms with Crippen molar-refractivity contribution in [2.45, 2.75) is 51.6 Å². The van der Waals surface area contributed by atoms with E-state index < -0.39 is 41.0 Å². The van der Waals surface area contributed by atoms with E-state index in [1.807, 2.05) is 44.2 Å². The molecule has 1 unspecified atom stereocenters. The van der Waals surface area contributed by atoms with E-state index in [0.717, 1.165) is 41.8 Å². The van der Waals surface area contributed by atoms with E-state index in [4.69, 9.17) is 0 Å². The molecule has 0 radical (unpaired) electrons. The number of piperazine rings is 1. The van der Waals surface area contributed by atoms with Gasteiger partial charge in [-0.15, -0.1) is 0 Å². The third-order valence-electron chi connectivity index (χ3n) is 7.58. The van der Waals surface area contributed by atoms with Gasteiger partial charge in [-0.1, -0.05) is 24.3 Å². The van der Waals surface area contributed by atoms with Crippen LogP contribution in [-0.4, -0.2) is 59.5 Å². The Balaban J connectivity index is 1.51. The summed E-state index contributed by atoms with van der Waals surface area (Å²) in [6.07, 6.45) is -5.30. The summed E-state index contributed by atoms with van der Waals surface area (Å²) in [4.78, 5) is 21.3. The number of nitrogens with zero attached hydrogens (tertiary/aromatic N) is 3. The lowest BCUT2D eigenvalue weighted by molar-refractivity contribution is -0.143. The summed E-state index contributed by atoms with van der Waals surface area (Å²) in [6, 6.07) is 10.4. The van der Waals surface area contributed by atoms with E-state index in [9.17, 15) is 31.1 Å². The molecule has 1 aliphatic rings. The summed E-state index contributed by atoms with van der Waals surface area (Å²) in [5.74, 6) is -0.835. The van der Waals surface area contributed by atoms with Crippen molar-refractivity contribution in [3.8, 4) is 0 Å². The van der Waals surface area contributed by atoms with Crippen molar-refractivity contribution in [3.05, 3.63) is 99.9 Å². The van der Waals surface area contributed by atoms with Crippen molar-refractivity contribution in [2.24, 2.45) is 0 Å². The minimum Gasteiger partial charge on any atom is -0.333 e. The maximum absolute atomic E-state index is 13.6. The van der Waals surface area contributed by atoms with E-state index in [1.165, 1.54) is 4.90 Å². The van der Waals surface area contributed by atoms with Crippen LogP contribution in [0.2, 0.25) is 0 Å². The van der Waals surface area contributed by atoms with E-state index in [1.54, 1.807) is 12.4 Å². The molecule has 0 bridgehead atoms. The molecule has 0 spiro atoms. The number of aromatic nitrogens is 1. The Morgan fingerprint density at radius 3 is 2.26 bits per heavy atom. The minimum atomic E-state index is -5.03. The van der Waals surface area contributed by atoms with Crippen molar-refractivity contribution in [1.82, 2.24) is 20.1 Å². The van der Waals surface area contributed by atoms with Crippen LogP contribution in [0.1, 0.15) is 50.2 Å². The van der Waals surface area contributed by atoms with Crippen LogP contribution < -0.4 is 5.32 Å². The SMILES string of the molecule is Cc1ccc(CC2CN(CCCNCc3cccnc3)CCN2C(=O)c2cc(C(F)(F)F)cc(C(F)(F)F)c2)cc1C. The summed E-state index contributed by atoms with van der Waals surface area (Å²) in [5, 5.41) is 3.37. The van der Waals surface area contributed by atoms with Gasteiger partial charge in [0.1, 0.15) is 0 Å². The van der Waals surface area contributed by atoms with Crippen molar-refractivity contribution >= 4 is 5.91 Å². The smallest absolute Gasteiger partial charge is 0.333 e. The number of benzene rings is 2. The van der Waals surface area contributed by atoms with Gasteiger partial charge in [0, 0.05) is 50.2 Å². The number of amides is 1. The number of nitrogens with one attached hydrogen (secondary N) is 1. The summed E-state index contributed by atoms with van der Waals surface area (Å²) >= 11 is 0. The van der Waals surface area contributed by atoms with Crippen LogP contribution in [0.3, 0.4) is 0 Å². The first-order valence-corrected chi connectivity index (χ1v) is 13.8. The molecule has 1 fully saturated rings. The molecule has 2 heterocycles. The number of hydrogen-bond donors (Lipinski definition) is 1. The zero-order valence-corrected chi connectivity index (χ0v) is 23.5. The Morgan fingerprint density at radius 2 is 1.64 bits per heavy atom. The molecule has 42 heavy (non-hydrogen) atoms. The van der Waals surface area contributed by atoms with E-state index in [0.29, 0.717) is 38.2 Å². The van der Waals surface area contributed by atoms with Crippen LogP contribution in [0.4, 0.5) is 26.3 Å². The average molecular weight is 593 g/mol. The van der Waals surface area contributed by atoms with Gasteiger partial charge in [0.2, 0.25) is 0 Å². The van der Waals surface area contributed by atoms with Crippen LogP contribution in [-0.2, 0) is 25.3 Å². The first-order chi connectivity index (χ1) is 19.8. The number of halogens is 6. The summed E-state index contributed by atoms with van der Waals surface area (Å²) < 4.78 is 80.9. The Hall–Kier alpha value is -3.44. The molecule has 1 aliphatic heterocycles. The standard InChI is InChI=1S/C31H34F6N4O/c1-21-6-7-23(13-22(21)2)14-28-20-40(10-4-9-39-19-24-5-3-8-38-18-24)11-12-41(28)29(42)25-15-26(30(32,33)34)17-27(16-25)31(35,36)37/h3,5-8,13,15-18,28,39H,4,9-12,14,19-20H2,1-2H3. The van der Waals surface area contributed by atoms with Crippen molar-refractivity contribution < 1.29 is 31.1 Å². The predicted octanol–water partition coefficient (Wildman–Crippen LogP) is 6.29. The van der Waals surface area contributed by atoms with E-state index in [2.05, 4.69) is 15.2 Å². The lowest BCUT2D eigenvalue weighted by atomic mass is 9.97. The van der Waals surface area contributed by atoms with Crippen molar-refractivity contribution in [2.75, 3.05) is 32.7 Å². The fourth-order valence-electron chi connectivity index (χ4n) is 5.17. The van der Waals surface area contributed by atoms with Gasteiger partial charge in [0.25, 0.3) is 5.91 Å². The van der Waals surface area contributed by atoms with Crippen molar-refractivity contribution in [1.29, 1.82) is 0 Å². The van der Waals surface area contributed by atoms with Crippen LogP contribution in [0.5, 0.6) is 0 Å². The lowest BCUT2D eigenvalue weighted by Gasteiger charge is -2.42. The van der Waals surface area contributed by atoms with Gasteiger partial charge in [-0.2, -0.15) is 26.3 Å².